The zero-order chi connectivity index (χ0) is 19.2. The first-order chi connectivity index (χ1) is 13.1. The Labute approximate surface area is 164 Å². The molecule has 6 heteroatoms. The molecule has 1 aliphatic carbocycles. The van der Waals surface area contributed by atoms with E-state index in [1.54, 1.807) is 0 Å². The minimum atomic E-state index is -0.236. The number of amides is 2. The summed E-state index contributed by atoms with van der Waals surface area (Å²) >= 11 is 1.46. The maximum absolute atomic E-state index is 12.1. The van der Waals surface area contributed by atoms with E-state index in [9.17, 15) is 9.59 Å². The zero-order valence-corrected chi connectivity index (χ0v) is 16.8. The van der Waals surface area contributed by atoms with Crippen molar-refractivity contribution in [3.8, 4) is 11.3 Å². The Morgan fingerprint density at radius 1 is 1.19 bits per heavy atom. The molecule has 0 aliphatic heterocycles. The lowest BCUT2D eigenvalue weighted by Gasteiger charge is -2.09. The molecule has 0 unspecified atom stereocenters. The van der Waals surface area contributed by atoms with Crippen molar-refractivity contribution in [1.29, 1.82) is 0 Å². The van der Waals surface area contributed by atoms with E-state index in [0.717, 1.165) is 54.7 Å². The van der Waals surface area contributed by atoms with Crippen molar-refractivity contribution >= 4 is 28.3 Å². The van der Waals surface area contributed by atoms with Crippen molar-refractivity contribution in [2.24, 2.45) is 5.92 Å². The Bertz CT molecular complexity index is 792. The summed E-state index contributed by atoms with van der Waals surface area (Å²) < 4.78 is 0. The third-order valence-corrected chi connectivity index (χ3v) is 5.84. The number of hydrogen-bond donors (Lipinski definition) is 2. The lowest BCUT2D eigenvalue weighted by atomic mass is 10.1. The van der Waals surface area contributed by atoms with E-state index in [1.165, 1.54) is 16.9 Å². The Hall–Kier alpha value is -2.21. The van der Waals surface area contributed by atoms with Crippen molar-refractivity contribution in [3.05, 3.63) is 34.7 Å². The van der Waals surface area contributed by atoms with Gasteiger partial charge in [0.2, 0.25) is 11.8 Å². The average molecular weight is 386 g/mol. The monoisotopic (exact) mass is 385 g/mol. The highest BCUT2D eigenvalue weighted by Crippen LogP contribution is 2.30. The summed E-state index contributed by atoms with van der Waals surface area (Å²) in [5, 5.41) is 6.12. The van der Waals surface area contributed by atoms with Crippen LogP contribution in [0.1, 0.15) is 49.5 Å². The van der Waals surface area contributed by atoms with Gasteiger partial charge in [-0.15, -0.1) is 11.3 Å². The molecule has 1 fully saturated rings. The van der Waals surface area contributed by atoms with Gasteiger partial charge in [-0.25, -0.2) is 4.98 Å². The van der Waals surface area contributed by atoms with Gasteiger partial charge in [0.25, 0.3) is 0 Å². The number of aromatic nitrogens is 1. The van der Waals surface area contributed by atoms with E-state index in [4.69, 9.17) is 0 Å². The molecule has 1 aliphatic rings. The molecular formula is C21H27N3O2S. The van der Waals surface area contributed by atoms with Crippen molar-refractivity contribution in [3.63, 3.8) is 0 Å². The van der Waals surface area contributed by atoms with Crippen molar-refractivity contribution < 1.29 is 9.59 Å². The number of anilines is 1. The predicted octanol–water partition coefficient (Wildman–Crippen LogP) is 4.32. The molecule has 144 valence electrons. The van der Waals surface area contributed by atoms with E-state index >= 15 is 0 Å². The van der Waals surface area contributed by atoms with Gasteiger partial charge in [-0.05, 0) is 31.7 Å². The van der Waals surface area contributed by atoms with Gasteiger partial charge in [-0.3, -0.25) is 9.59 Å². The molecule has 3 rings (SSSR count). The molecule has 0 bridgehead atoms. The SMILES string of the molecule is CCCc1ccc(-c2nc(NC(=O)CNC(=O)C3CCCC3)sc2C)cc1. The average Bonchev–Trinajstić information content (AvgIpc) is 3.31. The Kier molecular flexibility index (Phi) is 6.61. The number of carbonyl (C=O) groups excluding carboxylic acids is 2. The summed E-state index contributed by atoms with van der Waals surface area (Å²) in [6, 6.07) is 8.43. The molecule has 0 radical (unpaired) electrons. The first-order valence-electron chi connectivity index (χ1n) is 9.71. The Morgan fingerprint density at radius 2 is 1.89 bits per heavy atom. The third-order valence-electron chi connectivity index (χ3n) is 4.96. The highest BCUT2D eigenvalue weighted by Gasteiger charge is 2.23. The second kappa shape index (κ2) is 9.13. The topological polar surface area (TPSA) is 71.1 Å². The third kappa shape index (κ3) is 5.16. The van der Waals surface area contributed by atoms with Crippen molar-refractivity contribution in [2.75, 3.05) is 11.9 Å². The van der Waals surface area contributed by atoms with Gasteiger partial charge in [0.1, 0.15) is 0 Å². The largest absolute Gasteiger partial charge is 0.347 e. The first-order valence-corrected chi connectivity index (χ1v) is 10.5. The van der Waals surface area contributed by atoms with Gasteiger partial charge < -0.3 is 10.6 Å². The van der Waals surface area contributed by atoms with Gasteiger partial charge in [0.05, 0.1) is 12.2 Å². The van der Waals surface area contributed by atoms with E-state index in [-0.39, 0.29) is 24.3 Å². The predicted molar refractivity (Wildman–Crippen MR) is 110 cm³/mol. The van der Waals surface area contributed by atoms with Gasteiger partial charge in [-0.1, -0.05) is 50.5 Å². The number of benzene rings is 1. The number of hydrogen-bond acceptors (Lipinski definition) is 4. The van der Waals surface area contributed by atoms with Crippen LogP contribution in [0.4, 0.5) is 5.13 Å². The fraction of sp³-hybridized carbons (Fsp3) is 0.476. The number of nitrogens with one attached hydrogen (secondary N) is 2. The fourth-order valence-electron chi connectivity index (χ4n) is 3.50. The highest BCUT2D eigenvalue weighted by molar-refractivity contribution is 7.16. The number of aryl methyl sites for hydroxylation is 2. The molecule has 1 saturated carbocycles. The lowest BCUT2D eigenvalue weighted by Crippen LogP contribution is -2.36. The maximum atomic E-state index is 12.1. The van der Waals surface area contributed by atoms with Crippen LogP contribution in [0.5, 0.6) is 0 Å². The van der Waals surface area contributed by atoms with Gasteiger partial charge in [0.15, 0.2) is 5.13 Å². The molecule has 0 atom stereocenters. The van der Waals surface area contributed by atoms with Crippen molar-refractivity contribution in [1.82, 2.24) is 10.3 Å². The van der Waals surface area contributed by atoms with E-state index < -0.39 is 0 Å². The number of carbonyl (C=O) groups is 2. The van der Waals surface area contributed by atoms with E-state index in [1.807, 2.05) is 6.92 Å². The molecule has 0 spiro atoms. The molecule has 2 N–H and O–H groups in total. The van der Waals surface area contributed by atoms with Crippen LogP contribution in [0.25, 0.3) is 11.3 Å². The molecule has 5 nitrogen and oxygen atoms in total. The molecule has 1 heterocycles. The van der Waals surface area contributed by atoms with E-state index in [0.29, 0.717) is 5.13 Å². The summed E-state index contributed by atoms with van der Waals surface area (Å²) in [5.41, 5.74) is 3.27. The Balaban J connectivity index is 1.57. The van der Waals surface area contributed by atoms with Crippen LogP contribution in [0.2, 0.25) is 0 Å². The number of thiazole rings is 1. The van der Waals surface area contributed by atoms with E-state index in [2.05, 4.69) is 46.8 Å². The summed E-state index contributed by atoms with van der Waals surface area (Å²) in [7, 11) is 0. The molecule has 1 aromatic heterocycles. The van der Waals surface area contributed by atoms with Crippen molar-refractivity contribution in [2.45, 2.75) is 52.4 Å². The fourth-order valence-corrected chi connectivity index (χ4v) is 4.35. The molecule has 2 amide bonds. The molecule has 0 saturated heterocycles. The first kappa shape index (κ1) is 19.5. The van der Waals surface area contributed by atoms with Crippen LogP contribution in [-0.2, 0) is 16.0 Å². The summed E-state index contributed by atoms with van der Waals surface area (Å²) in [5.74, 6) is -0.173. The highest BCUT2D eigenvalue weighted by atomic mass is 32.1. The van der Waals surface area contributed by atoms with Crippen LogP contribution in [-0.4, -0.2) is 23.3 Å². The molecular weight excluding hydrogens is 358 g/mol. The number of nitrogens with zero attached hydrogens (tertiary/aromatic N) is 1. The second-order valence-corrected chi connectivity index (χ2v) is 8.32. The van der Waals surface area contributed by atoms with Crippen LogP contribution in [0, 0.1) is 12.8 Å². The molecule has 2 aromatic rings. The summed E-state index contributed by atoms with van der Waals surface area (Å²) in [6.07, 6.45) is 6.27. The Morgan fingerprint density at radius 3 is 2.56 bits per heavy atom. The van der Waals surface area contributed by atoms with Gasteiger partial charge >= 0.3 is 0 Å². The normalized spacial score (nSPS) is 14.3. The number of rotatable bonds is 7. The van der Waals surface area contributed by atoms with Gasteiger partial charge in [0, 0.05) is 16.4 Å². The van der Waals surface area contributed by atoms with Gasteiger partial charge in [-0.2, -0.15) is 0 Å². The smallest absolute Gasteiger partial charge is 0.245 e. The quantitative estimate of drug-likeness (QED) is 0.746. The summed E-state index contributed by atoms with van der Waals surface area (Å²) in [6.45, 7) is 4.17. The second-order valence-electron chi connectivity index (χ2n) is 7.12. The standard InChI is InChI=1S/C21H27N3O2S/c1-3-6-15-9-11-16(12-10-15)19-14(2)27-21(24-19)23-18(25)13-22-20(26)17-7-4-5-8-17/h9-12,17H,3-8,13H2,1-2H3,(H,22,26)(H,23,24,25). The van der Waals surface area contributed by atoms with Crippen LogP contribution >= 0.6 is 11.3 Å². The maximum Gasteiger partial charge on any atom is 0.245 e. The molecule has 1 aromatic carbocycles. The zero-order valence-electron chi connectivity index (χ0n) is 16.0. The van der Waals surface area contributed by atoms with Crippen LogP contribution in [0.15, 0.2) is 24.3 Å². The minimum absolute atomic E-state index is 0.00495. The van der Waals surface area contributed by atoms with Crippen LogP contribution in [0.3, 0.4) is 0 Å². The summed E-state index contributed by atoms with van der Waals surface area (Å²) in [4.78, 5) is 29.8. The minimum Gasteiger partial charge on any atom is -0.347 e. The molecule has 27 heavy (non-hydrogen) atoms. The van der Waals surface area contributed by atoms with Crippen LogP contribution < -0.4 is 10.6 Å². The lowest BCUT2D eigenvalue weighted by molar-refractivity contribution is -0.127.